The van der Waals surface area contributed by atoms with Gasteiger partial charge >= 0.3 is 5.97 Å². The molecule has 2 aromatic carbocycles. The number of anilines is 2. The van der Waals surface area contributed by atoms with Crippen molar-refractivity contribution in [1.29, 1.82) is 0 Å². The van der Waals surface area contributed by atoms with E-state index in [1.165, 1.54) is 36.4 Å². The van der Waals surface area contributed by atoms with Crippen molar-refractivity contribution in [3.8, 4) is 0 Å². The molecule has 0 fully saturated rings. The van der Waals surface area contributed by atoms with E-state index in [-0.39, 0.29) is 34.2 Å². The topological polar surface area (TPSA) is 116 Å². The summed E-state index contributed by atoms with van der Waals surface area (Å²) in [6, 6.07) is 11.5. The van der Waals surface area contributed by atoms with Crippen LogP contribution in [0, 0.1) is 0 Å². The molecule has 0 aliphatic carbocycles. The number of nitrogens with one attached hydrogen (secondary N) is 1. The van der Waals surface area contributed by atoms with Gasteiger partial charge in [0.15, 0.2) is 0 Å². The summed E-state index contributed by atoms with van der Waals surface area (Å²) in [6.07, 6.45) is 1.53. The number of nitrogens with zero attached hydrogens (tertiary/aromatic N) is 1. The molecular weight excluding hydrogens is 424 g/mol. The van der Waals surface area contributed by atoms with E-state index in [1.54, 1.807) is 12.1 Å². The van der Waals surface area contributed by atoms with Crippen LogP contribution in [-0.4, -0.2) is 30.4 Å². The molecule has 9 heteroatoms. The van der Waals surface area contributed by atoms with E-state index in [0.29, 0.717) is 12.1 Å². The molecule has 0 saturated heterocycles. The number of carboxylic acid groups (broad SMARTS) is 1. The number of para-hydroxylation sites is 1. The Kier molecular flexibility index (Phi) is 6.71. The molecule has 0 bridgehead atoms. The van der Waals surface area contributed by atoms with Crippen molar-refractivity contribution in [2.45, 2.75) is 19.8 Å². The Bertz CT molecular complexity index is 1080. The molecule has 2 amide bonds. The summed E-state index contributed by atoms with van der Waals surface area (Å²) in [5, 5.41) is 13.2. The molecule has 0 aromatic heterocycles. The lowest BCUT2D eigenvalue weighted by Crippen LogP contribution is -2.33. The summed E-state index contributed by atoms with van der Waals surface area (Å²) >= 11 is 6.12. The lowest BCUT2D eigenvalue weighted by Gasteiger charge is -2.18. The number of unbranched alkanes of at least 4 members (excludes halogenated alkanes) is 1. The highest BCUT2D eigenvalue weighted by atomic mass is 35.5. The van der Waals surface area contributed by atoms with Crippen LogP contribution in [0.5, 0.6) is 0 Å². The number of halogens is 1. The maximum atomic E-state index is 13.0. The molecule has 1 heterocycles. The first-order valence-electron chi connectivity index (χ1n) is 9.48. The van der Waals surface area contributed by atoms with Crippen molar-refractivity contribution in [2.24, 2.45) is 0 Å². The summed E-state index contributed by atoms with van der Waals surface area (Å²) in [5.41, 5.74) is 0.220. The Morgan fingerprint density at radius 2 is 1.74 bits per heavy atom. The number of carbonyl (C=O) groups is 4. The van der Waals surface area contributed by atoms with Crippen LogP contribution < -0.4 is 15.3 Å². The zero-order valence-corrected chi connectivity index (χ0v) is 17.3. The van der Waals surface area contributed by atoms with Crippen LogP contribution in [0.1, 0.15) is 40.5 Å². The second-order valence-corrected chi connectivity index (χ2v) is 7.01. The van der Waals surface area contributed by atoms with Crippen molar-refractivity contribution >= 4 is 46.7 Å². The van der Waals surface area contributed by atoms with Crippen LogP contribution in [0.3, 0.4) is 0 Å². The molecule has 0 atom stereocenters. The van der Waals surface area contributed by atoms with Crippen LogP contribution in [-0.2, 0) is 14.3 Å². The van der Waals surface area contributed by atoms with Crippen molar-refractivity contribution < 1.29 is 29.0 Å². The van der Waals surface area contributed by atoms with Crippen LogP contribution in [0.4, 0.5) is 11.4 Å². The number of benzene rings is 2. The molecule has 8 nitrogen and oxygen atoms in total. The minimum absolute atomic E-state index is 0.0448. The number of hydrogen-bond acceptors (Lipinski definition) is 7. The number of rotatable bonds is 8. The van der Waals surface area contributed by atoms with E-state index in [0.717, 1.165) is 11.3 Å². The van der Waals surface area contributed by atoms with Gasteiger partial charge in [0.1, 0.15) is 10.7 Å². The summed E-state index contributed by atoms with van der Waals surface area (Å²) in [7, 11) is 0. The number of ether oxygens (including phenoxy) is 1. The third kappa shape index (κ3) is 4.59. The van der Waals surface area contributed by atoms with Gasteiger partial charge in [-0.15, -0.1) is 0 Å². The molecule has 2 aromatic rings. The first-order chi connectivity index (χ1) is 14.8. The van der Waals surface area contributed by atoms with Gasteiger partial charge in [0.2, 0.25) is 0 Å². The molecule has 1 aliphatic rings. The van der Waals surface area contributed by atoms with Crippen LogP contribution in [0.25, 0.3) is 0 Å². The number of carboxylic acids is 1. The summed E-state index contributed by atoms with van der Waals surface area (Å²) in [4.78, 5) is 49.9. The van der Waals surface area contributed by atoms with Crippen LogP contribution >= 0.6 is 11.6 Å². The maximum Gasteiger partial charge on any atom is 0.340 e. The molecule has 0 radical (unpaired) electrons. The number of aromatic carboxylic acids is 1. The highest BCUT2D eigenvalue weighted by Gasteiger charge is 2.40. The molecule has 160 valence electrons. The fourth-order valence-corrected chi connectivity index (χ4v) is 3.10. The average molecular weight is 442 g/mol. The van der Waals surface area contributed by atoms with Crippen molar-refractivity contribution in [2.75, 3.05) is 16.8 Å². The van der Waals surface area contributed by atoms with Gasteiger partial charge in [0, 0.05) is 5.69 Å². The van der Waals surface area contributed by atoms with Crippen molar-refractivity contribution in [1.82, 2.24) is 0 Å². The molecule has 0 spiro atoms. The number of carbonyl (C=O) groups excluding carboxylic acids is 4. The van der Waals surface area contributed by atoms with E-state index in [9.17, 15) is 24.3 Å². The van der Waals surface area contributed by atoms with E-state index < -0.39 is 23.8 Å². The lowest BCUT2D eigenvalue weighted by molar-refractivity contribution is -0.255. The maximum absolute atomic E-state index is 13.0. The Balaban J connectivity index is 1.86. The zero-order chi connectivity index (χ0) is 22.5. The fraction of sp³-hybridized carbons (Fsp3) is 0.182. The predicted octanol–water partition coefficient (Wildman–Crippen LogP) is 2.44. The Labute approximate surface area is 183 Å². The normalized spacial score (nSPS) is 13.5. The molecule has 1 aliphatic heterocycles. The largest absolute Gasteiger partial charge is 0.545 e. The van der Waals surface area contributed by atoms with Crippen LogP contribution in [0.15, 0.2) is 59.3 Å². The van der Waals surface area contributed by atoms with Gasteiger partial charge in [0.05, 0.1) is 23.8 Å². The van der Waals surface area contributed by atoms with Gasteiger partial charge in [-0.2, -0.15) is 0 Å². The third-order valence-corrected chi connectivity index (χ3v) is 4.86. The highest BCUT2D eigenvalue weighted by Crippen LogP contribution is 2.32. The van der Waals surface area contributed by atoms with Crippen molar-refractivity contribution in [3.63, 3.8) is 0 Å². The van der Waals surface area contributed by atoms with E-state index in [2.05, 4.69) is 5.32 Å². The van der Waals surface area contributed by atoms with Gasteiger partial charge in [-0.05, 0) is 36.2 Å². The van der Waals surface area contributed by atoms with Gasteiger partial charge in [-0.3, -0.25) is 9.59 Å². The van der Waals surface area contributed by atoms with Gasteiger partial charge in [-0.1, -0.05) is 49.2 Å². The minimum Gasteiger partial charge on any atom is -0.545 e. The molecule has 0 unspecified atom stereocenters. The summed E-state index contributed by atoms with van der Waals surface area (Å²) in [6.45, 7) is 2.18. The van der Waals surface area contributed by atoms with E-state index in [1.807, 2.05) is 6.92 Å². The first-order valence-corrected chi connectivity index (χ1v) is 9.86. The number of esters is 1. The second-order valence-electron chi connectivity index (χ2n) is 6.63. The molecule has 1 N–H and O–H groups in total. The Morgan fingerprint density at radius 1 is 1.06 bits per heavy atom. The standard InChI is InChI=1S/C22H19ClN2O6/c1-2-3-12-31-22(30)15-6-4-5-7-16(15)25-19(26)17(23)18(20(25)27)24-14-10-8-13(9-11-14)21(28)29/h4-11,24H,2-3,12H2,1H3,(H,28,29)/p-1. The zero-order valence-electron chi connectivity index (χ0n) is 16.5. The molecule has 31 heavy (non-hydrogen) atoms. The smallest absolute Gasteiger partial charge is 0.340 e. The van der Waals surface area contributed by atoms with E-state index in [4.69, 9.17) is 16.3 Å². The molecular formula is C22H18ClN2O6-. The monoisotopic (exact) mass is 441 g/mol. The highest BCUT2D eigenvalue weighted by molar-refractivity contribution is 6.53. The fourth-order valence-electron chi connectivity index (χ4n) is 2.89. The summed E-state index contributed by atoms with van der Waals surface area (Å²) in [5.74, 6) is -3.55. The quantitative estimate of drug-likeness (QED) is 0.380. The van der Waals surface area contributed by atoms with Gasteiger partial charge in [-0.25, -0.2) is 9.69 Å². The second kappa shape index (κ2) is 9.44. The van der Waals surface area contributed by atoms with Crippen molar-refractivity contribution in [3.05, 3.63) is 70.4 Å². The van der Waals surface area contributed by atoms with Crippen LogP contribution in [0.2, 0.25) is 0 Å². The molecule has 0 saturated carbocycles. The average Bonchev–Trinajstić information content (AvgIpc) is 2.97. The lowest BCUT2D eigenvalue weighted by atomic mass is 10.1. The number of hydrogen-bond donors (Lipinski definition) is 1. The Hall–Kier alpha value is -3.65. The summed E-state index contributed by atoms with van der Waals surface area (Å²) < 4.78 is 5.22. The predicted molar refractivity (Wildman–Crippen MR) is 111 cm³/mol. The van der Waals surface area contributed by atoms with Gasteiger partial charge in [0.25, 0.3) is 11.8 Å². The Morgan fingerprint density at radius 3 is 2.39 bits per heavy atom. The SMILES string of the molecule is CCCCOC(=O)c1ccccc1N1C(=O)C(Cl)=C(Nc2ccc(C(=O)[O-])cc2)C1=O. The third-order valence-electron chi connectivity index (χ3n) is 4.51. The first kappa shape index (κ1) is 22.0. The number of amides is 2. The number of imide groups is 1. The van der Waals surface area contributed by atoms with Gasteiger partial charge < -0.3 is 20.0 Å². The van der Waals surface area contributed by atoms with E-state index >= 15 is 0 Å². The minimum atomic E-state index is -1.34. The molecule has 3 rings (SSSR count).